The summed E-state index contributed by atoms with van der Waals surface area (Å²) < 4.78 is 39.5. The minimum atomic E-state index is -0.886. The Balaban J connectivity index is 1.52. The Hall–Kier alpha value is -3.20. The highest BCUT2D eigenvalue weighted by atomic mass is 32.1. The van der Waals surface area contributed by atoms with Crippen LogP contribution in [0.4, 0.5) is 18.3 Å². The first kappa shape index (κ1) is 19.6. The van der Waals surface area contributed by atoms with E-state index in [4.69, 9.17) is 0 Å². The van der Waals surface area contributed by atoms with Crippen LogP contribution in [0, 0.1) is 17.5 Å². The van der Waals surface area contributed by atoms with Gasteiger partial charge in [0.25, 0.3) is 5.91 Å². The van der Waals surface area contributed by atoms with Crippen LogP contribution in [0.1, 0.15) is 20.8 Å². The Labute approximate surface area is 162 Å². The van der Waals surface area contributed by atoms with Crippen LogP contribution >= 0.6 is 11.3 Å². The second kappa shape index (κ2) is 8.66. The topological polar surface area (TPSA) is 71.1 Å². The summed E-state index contributed by atoms with van der Waals surface area (Å²) in [4.78, 5) is 28.7. The van der Waals surface area contributed by atoms with Crippen molar-refractivity contribution >= 4 is 28.3 Å². The fourth-order valence-corrected chi connectivity index (χ4v) is 3.27. The molecule has 0 unspecified atom stereocenters. The molecule has 2 aromatic carbocycles. The zero-order chi connectivity index (χ0) is 20.1. The van der Waals surface area contributed by atoms with Gasteiger partial charge >= 0.3 is 0 Å². The molecule has 3 aromatic rings. The van der Waals surface area contributed by atoms with Crippen molar-refractivity contribution in [3.63, 3.8) is 0 Å². The second-order valence-electron chi connectivity index (χ2n) is 5.83. The van der Waals surface area contributed by atoms with Gasteiger partial charge in [-0.1, -0.05) is 12.1 Å². The van der Waals surface area contributed by atoms with Crippen LogP contribution in [0.5, 0.6) is 0 Å². The van der Waals surface area contributed by atoms with Crippen molar-refractivity contribution in [3.05, 3.63) is 82.1 Å². The molecule has 28 heavy (non-hydrogen) atoms. The van der Waals surface area contributed by atoms with E-state index >= 15 is 0 Å². The van der Waals surface area contributed by atoms with Gasteiger partial charge in [-0.05, 0) is 29.8 Å². The van der Waals surface area contributed by atoms with Crippen molar-refractivity contribution in [3.8, 4) is 0 Å². The average molecular weight is 405 g/mol. The van der Waals surface area contributed by atoms with Gasteiger partial charge in [-0.2, -0.15) is 0 Å². The van der Waals surface area contributed by atoms with Crippen LogP contribution in [-0.2, 0) is 11.2 Å². The molecular weight excluding hydrogens is 391 g/mol. The van der Waals surface area contributed by atoms with Crippen LogP contribution in [0.15, 0.2) is 48.7 Å². The summed E-state index contributed by atoms with van der Waals surface area (Å²) in [5.41, 5.74) is 0.549. The Bertz CT molecular complexity index is 1000. The van der Waals surface area contributed by atoms with Crippen molar-refractivity contribution in [1.82, 2.24) is 10.3 Å². The third-order valence-corrected chi connectivity index (χ3v) is 4.51. The molecule has 0 aliphatic heterocycles. The molecule has 0 atom stereocenters. The lowest BCUT2D eigenvalue weighted by molar-refractivity contribution is -0.115. The van der Waals surface area contributed by atoms with Crippen molar-refractivity contribution in [2.24, 2.45) is 0 Å². The lowest BCUT2D eigenvalue weighted by Crippen LogP contribution is -2.32. The number of nitrogens with one attached hydrogen (secondary N) is 2. The number of thiazole rings is 1. The van der Waals surface area contributed by atoms with Gasteiger partial charge in [0.1, 0.15) is 17.5 Å². The molecular formula is C19H14F3N3O2S. The van der Waals surface area contributed by atoms with Crippen LogP contribution < -0.4 is 10.6 Å². The second-order valence-corrected chi connectivity index (χ2v) is 6.94. The number of aromatic nitrogens is 1. The molecule has 144 valence electrons. The van der Waals surface area contributed by atoms with E-state index in [9.17, 15) is 22.8 Å². The number of rotatable bonds is 6. The van der Waals surface area contributed by atoms with Gasteiger partial charge in [-0.3, -0.25) is 9.59 Å². The largest absolute Gasteiger partial charge is 0.343 e. The number of amides is 2. The summed E-state index contributed by atoms with van der Waals surface area (Å²) in [5.74, 6) is -3.42. The van der Waals surface area contributed by atoms with E-state index in [1.165, 1.54) is 23.5 Å². The van der Waals surface area contributed by atoms with E-state index in [1.807, 2.05) is 0 Å². The molecule has 0 saturated heterocycles. The number of benzene rings is 2. The normalized spacial score (nSPS) is 10.5. The number of hydrogen-bond donors (Lipinski definition) is 2. The summed E-state index contributed by atoms with van der Waals surface area (Å²) in [6.45, 7) is -0.393. The van der Waals surface area contributed by atoms with Crippen molar-refractivity contribution in [2.75, 3.05) is 11.9 Å². The minimum absolute atomic E-state index is 0.225. The van der Waals surface area contributed by atoms with Gasteiger partial charge in [-0.25, -0.2) is 18.2 Å². The number of nitrogens with zero attached hydrogens (tertiary/aromatic N) is 1. The molecule has 0 saturated carbocycles. The molecule has 0 aliphatic rings. The smallest absolute Gasteiger partial charge is 0.251 e. The first-order valence-corrected chi connectivity index (χ1v) is 8.94. The lowest BCUT2D eigenvalue weighted by atomic mass is 10.1. The zero-order valence-electron chi connectivity index (χ0n) is 14.3. The van der Waals surface area contributed by atoms with Crippen molar-refractivity contribution in [2.45, 2.75) is 6.42 Å². The van der Waals surface area contributed by atoms with E-state index in [1.54, 1.807) is 18.3 Å². The number of halogens is 3. The van der Waals surface area contributed by atoms with E-state index in [-0.39, 0.29) is 11.4 Å². The van der Waals surface area contributed by atoms with Crippen molar-refractivity contribution < 1.29 is 22.8 Å². The van der Waals surface area contributed by atoms with Gasteiger partial charge in [-0.15, -0.1) is 11.3 Å². The molecule has 2 amide bonds. The molecule has 3 rings (SSSR count). The molecule has 0 bridgehead atoms. The molecule has 9 heteroatoms. The maximum absolute atomic E-state index is 13.2. The van der Waals surface area contributed by atoms with Gasteiger partial charge in [0.15, 0.2) is 5.13 Å². The highest BCUT2D eigenvalue weighted by molar-refractivity contribution is 7.15. The van der Waals surface area contributed by atoms with E-state index < -0.39 is 30.0 Å². The first-order valence-electron chi connectivity index (χ1n) is 8.12. The Morgan fingerprint density at radius 3 is 2.46 bits per heavy atom. The molecule has 1 heterocycles. The molecule has 5 nitrogen and oxygen atoms in total. The third kappa shape index (κ3) is 5.40. The van der Waals surface area contributed by atoms with Crippen molar-refractivity contribution in [1.29, 1.82) is 0 Å². The molecule has 0 spiro atoms. The van der Waals surface area contributed by atoms with Gasteiger partial charge < -0.3 is 10.6 Å². The third-order valence-electron chi connectivity index (χ3n) is 3.60. The number of hydrogen-bond acceptors (Lipinski definition) is 4. The van der Waals surface area contributed by atoms with Crippen LogP contribution in [0.3, 0.4) is 0 Å². The summed E-state index contributed by atoms with van der Waals surface area (Å²) in [6.07, 6.45) is 2.03. The number of carbonyl (C=O) groups is 2. The highest BCUT2D eigenvalue weighted by Crippen LogP contribution is 2.21. The summed E-state index contributed by atoms with van der Waals surface area (Å²) in [5, 5.41) is 5.12. The maximum atomic E-state index is 13.2. The quantitative estimate of drug-likeness (QED) is 0.659. The van der Waals surface area contributed by atoms with Gasteiger partial charge in [0, 0.05) is 29.1 Å². The first-order chi connectivity index (χ1) is 13.4. The lowest BCUT2D eigenvalue weighted by Gasteiger charge is -2.05. The maximum Gasteiger partial charge on any atom is 0.251 e. The number of anilines is 1. The Morgan fingerprint density at radius 1 is 1.00 bits per heavy atom. The predicted molar refractivity (Wildman–Crippen MR) is 98.6 cm³/mol. The fourth-order valence-electron chi connectivity index (χ4n) is 2.41. The van der Waals surface area contributed by atoms with Crippen LogP contribution in [0.2, 0.25) is 0 Å². The van der Waals surface area contributed by atoms with E-state index in [0.29, 0.717) is 17.6 Å². The zero-order valence-corrected chi connectivity index (χ0v) is 15.2. The van der Waals surface area contributed by atoms with E-state index in [0.717, 1.165) is 22.6 Å². The molecule has 1 aromatic heterocycles. The highest BCUT2D eigenvalue weighted by Gasteiger charge is 2.12. The minimum Gasteiger partial charge on any atom is -0.343 e. The standard InChI is InChI=1S/C19H14F3N3O2S/c20-13-3-1-2-11(4-13)5-16-9-24-19(28-16)25-17(26)10-23-18(27)12-6-14(21)8-15(22)7-12/h1-4,6-9H,5,10H2,(H,23,27)(H,24,25,26). The molecule has 0 fully saturated rings. The summed E-state index contributed by atoms with van der Waals surface area (Å²) in [6, 6.07) is 8.56. The predicted octanol–water partition coefficient (Wildman–Crippen LogP) is 3.52. The van der Waals surface area contributed by atoms with Gasteiger partial charge in [0.05, 0.1) is 6.54 Å². The molecule has 0 aliphatic carbocycles. The SMILES string of the molecule is O=C(CNC(=O)c1cc(F)cc(F)c1)Nc1ncc(Cc2cccc(F)c2)s1. The monoisotopic (exact) mass is 405 g/mol. The molecule has 2 N–H and O–H groups in total. The molecule has 0 radical (unpaired) electrons. The van der Waals surface area contributed by atoms with E-state index in [2.05, 4.69) is 15.6 Å². The Morgan fingerprint density at radius 2 is 1.75 bits per heavy atom. The number of carbonyl (C=O) groups excluding carboxylic acids is 2. The summed E-state index contributed by atoms with van der Waals surface area (Å²) >= 11 is 1.22. The summed E-state index contributed by atoms with van der Waals surface area (Å²) in [7, 11) is 0. The van der Waals surface area contributed by atoms with Crippen LogP contribution in [0.25, 0.3) is 0 Å². The average Bonchev–Trinajstić information content (AvgIpc) is 3.05. The fraction of sp³-hybridized carbons (Fsp3) is 0.105. The Kier molecular flexibility index (Phi) is 6.05. The van der Waals surface area contributed by atoms with Crippen LogP contribution in [-0.4, -0.2) is 23.3 Å². The van der Waals surface area contributed by atoms with Gasteiger partial charge in [0.2, 0.25) is 5.91 Å².